The highest BCUT2D eigenvalue weighted by atomic mass is 15.0. The van der Waals surface area contributed by atoms with Crippen LogP contribution in [-0.4, -0.2) is 23.1 Å². The molecule has 4 nitrogen and oxygen atoms in total. The molecule has 3 rings (SSSR count). The maximum atomic E-state index is 6.07. The van der Waals surface area contributed by atoms with Crippen LogP contribution < -0.4 is 11.1 Å². The largest absolute Gasteiger partial charge is 0.369 e. The van der Waals surface area contributed by atoms with Crippen molar-refractivity contribution in [3.05, 3.63) is 17.6 Å². The first-order valence-corrected chi connectivity index (χ1v) is 8.10. The zero-order valence-corrected chi connectivity index (χ0v) is 12.3. The van der Waals surface area contributed by atoms with Crippen LogP contribution in [0, 0.1) is 5.41 Å². The van der Waals surface area contributed by atoms with Crippen LogP contribution in [0.15, 0.2) is 6.33 Å². The van der Waals surface area contributed by atoms with Crippen LogP contribution in [0.25, 0.3) is 0 Å². The van der Waals surface area contributed by atoms with Crippen molar-refractivity contribution >= 4 is 5.82 Å². The summed E-state index contributed by atoms with van der Waals surface area (Å²) < 4.78 is 0. The lowest BCUT2D eigenvalue weighted by molar-refractivity contribution is 0.215. The number of hydrogen-bond donors (Lipinski definition) is 2. The normalized spacial score (nSPS) is 21.2. The van der Waals surface area contributed by atoms with Crippen molar-refractivity contribution in [2.75, 3.05) is 18.4 Å². The SMILES string of the molecule is NCC1(CNc2ncnc3c2CCCC3)CCCCC1. The Morgan fingerprint density at radius 3 is 2.65 bits per heavy atom. The number of nitrogens with zero attached hydrogens (tertiary/aromatic N) is 2. The summed E-state index contributed by atoms with van der Waals surface area (Å²) in [6, 6.07) is 0. The Kier molecular flexibility index (Phi) is 4.20. The number of rotatable bonds is 4. The van der Waals surface area contributed by atoms with Crippen LogP contribution in [0.1, 0.15) is 56.2 Å². The number of anilines is 1. The van der Waals surface area contributed by atoms with Crippen molar-refractivity contribution in [1.29, 1.82) is 0 Å². The predicted octanol–water partition coefficient (Wildman–Crippen LogP) is 2.68. The third-order valence-corrected chi connectivity index (χ3v) is 5.10. The second-order valence-electron chi connectivity index (χ2n) is 6.47. The van der Waals surface area contributed by atoms with Crippen LogP contribution in [0.3, 0.4) is 0 Å². The first-order chi connectivity index (χ1) is 9.83. The van der Waals surface area contributed by atoms with E-state index in [4.69, 9.17) is 5.73 Å². The van der Waals surface area contributed by atoms with Gasteiger partial charge in [0.25, 0.3) is 0 Å². The zero-order chi connectivity index (χ0) is 13.8. The zero-order valence-electron chi connectivity index (χ0n) is 12.3. The number of hydrogen-bond acceptors (Lipinski definition) is 4. The molecule has 1 fully saturated rings. The van der Waals surface area contributed by atoms with Gasteiger partial charge in [-0.05, 0) is 50.5 Å². The summed E-state index contributed by atoms with van der Waals surface area (Å²) >= 11 is 0. The molecular formula is C16H26N4. The van der Waals surface area contributed by atoms with E-state index in [2.05, 4.69) is 15.3 Å². The van der Waals surface area contributed by atoms with Gasteiger partial charge in [-0.2, -0.15) is 0 Å². The van der Waals surface area contributed by atoms with Gasteiger partial charge < -0.3 is 11.1 Å². The van der Waals surface area contributed by atoms with Gasteiger partial charge >= 0.3 is 0 Å². The second kappa shape index (κ2) is 6.08. The van der Waals surface area contributed by atoms with Crippen molar-refractivity contribution in [3.8, 4) is 0 Å². The molecule has 2 aliphatic carbocycles. The molecule has 1 aromatic heterocycles. The van der Waals surface area contributed by atoms with Crippen LogP contribution in [0.5, 0.6) is 0 Å². The summed E-state index contributed by atoms with van der Waals surface area (Å²) in [5.74, 6) is 1.06. The Morgan fingerprint density at radius 2 is 1.85 bits per heavy atom. The highest BCUT2D eigenvalue weighted by Crippen LogP contribution is 2.36. The molecule has 0 aromatic carbocycles. The molecule has 1 heterocycles. The van der Waals surface area contributed by atoms with Crippen LogP contribution in [0.2, 0.25) is 0 Å². The lowest BCUT2D eigenvalue weighted by Gasteiger charge is -2.36. The van der Waals surface area contributed by atoms with Gasteiger partial charge in [0, 0.05) is 17.8 Å². The van der Waals surface area contributed by atoms with E-state index in [0.29, 0.717) is 0 Å². The summed E-state index contributed by atoms with van der Waals surface area (Å²) in [7, 11) is 0. The topological polar surface area (TPSA) is 63.8 Å². The van der Waals surface area contributed by atoms with Gasteiger partial charge in [-0.15, -0.1) is 0 Å². The van der Waals surface area contributed by atoms with Gasteiger partial charge in [-0.25, -0.2) is 9.97 Å². The fraction of sp³-hybridized carbons (Fsp3) is 0.750. The molecule has 0 atom stereocenters. The Balaban J connectivity index is 1.71. The van der Waals surface area contributed by atoms with Crippen molar-refractivity contribution in [3.63, 3.8) is 0 Å². The van der Waals surface area contributed by atoms with E-state index >= 15 is 0 Å². The Bertz CT molecular complexity index is 452. The minimum Gasteiger partial charge on any atom is -0.369 e. The molecule has 0 amide bonds. The standard InChI is InChI=1S/C16H26N4/c17-10-16(8-4-1-5-9-16)11-18-15-13-6-2-3-7-14(13)19-12-20-15/h12H,1-11,17H2,(H,18,19,20). The molecule has 2 aliphatic rings. The highest BCUT2D eigenvalue weighted by molar-refractivity contribution is 5.47. The smallest absolute Gasteiger partial charge is 0.132 e. The molecule has 0 bridgehead atoms. The molecule has 20 heavy (non-hydrogen) atoms. The molecule has 0 radical (unpaired) electrons. The first-order valence-electron chi connectivity index (χ1n) is 8.10. The fourth-order valence-electron chi connectivity index (χ4n) is 3.70. The maximum absolute atomic E-state index is 6.07. The molecule has 0 aliphatic heterocycles. The molecular weight excluding hydrogens is 248 g/mol. The van der Waals surface area contributed by atoms with E-state index in [-0.39, 0.29) is 5.41 Å². The molecule has 1 saturated carbocycles. The Labute approximate surface area is 121 Å². The third kappa shape index (κ3) is 2.80. The summed E-state index contributed by atoms with van der Waals surface area (Å²) in [5, 5.41) is 3.60. The van der Waals surface area contributed by atoms with E-state index in [9.17, 15) is 0 Å². The molecule has 3 N–H and O–H groups in total. The van der Waals surface area contributed by atoms with Crippen molar-refractivity contribution in [2.45, 2.75) is 57.8 Å². The quantitative estimate of drug-likeness (QED) is 0.886. The van der Waals surface area contributed by atoms with E-state index in [0.717, 1.165) is 31.7 Å². The third-order valence-electron chi connectivity index (χ3n) is 5.10. The monoisotopic (exact) mass is 274 g/mol. The number of nitrogens with two attached hydrogens (primary N) is 1. The number of aryl methyl sites for hydroxylation is 1. The molecule has 0 unspecified atom stereocenters. The van der Waals surface area contributed by atoms with E-state index in [1.165, 1.54) is 56.2 Å². The minimum atomic E-state index is 0.282. The van der Waals surface area contributed by atoms with Crippen LogP contribution in [-0.2, 0) is 12.8 Å². The van der Waals surface area contributed by atoms with E-state index < -0.39 is 0 Å². The average molecular weight is 274 g/mol. The molecule has 0 spiro atoms. The van der Waals surface area contributed by atoms with Gasteiger partial charge in [-0.3, -0.25) is 0 Å². The van der Waals surface area contributed by atoms with E-state index in [1.54, 1.807) is 6.33 Å². The van der Waals surface area contributed by atoms with Gasteiger partial charge in [0.05, 0.1) is 0 Å². The van der Waals surface area contributed by atoms with Gasteiger partial charge in [0.2, 0.25) is 0 Å². The van der Waals surface area contributed by atoms with Crippen molar-refractivity contribution < 1.29 is 0 Å². The average Bonchev–Trinajstić information content (AvgIpc) is 2.54. The van der Waals surface area contributed by atoms with Crippen molar-refractivity contribution in [2.24, 2.45) is 11.1 Å². The van der Waals surface area contributed by atoms with Crippen LogP contribution >= 0.6 is 0 Å². The van der Waals surface area contributed by atoms with Crippen LogP contribution in [0.4, 0.5) is 5.82 Å². The number of nitrogens with one attached hydrogen (secondary N) is 1. The van der Waals surface area contributed by atoms with Gasteiger partial charge in [-0.1, -0.05) is 19.3 Å². The highest BCUT2D eigenvalue weighted by Gasteiger charge is 2.30. The molecule has 1 aromatic rings. The molecule has 4 heteroatoms. The second-order valence-corrected chi connectivity index (χ2v) is 6.47. The predicted molar refractivity (Wildman–Crippen MR) is 81.7 cm³/mol. The Hall–Kier alpha value is -1.16. The molecule has 110 valence electrons. The summed E-state index contributed by atoms with van der Waals surface area (Å²) in [6.07, 6.45) is 13.0. The summed E-state index contributed by atoms with van der Waals surface area (Å²) in [6.45, 7) is 1.75. The first kappa shape index (κ1) is 13.8. The fourth-order valence-corrected chi connectivity index (χ4v) is 3.70. The lowest BCUT2D eigenvalue weighted by Crippen LogP contribution is -2.39. The van der Waals surface area contributed by atoms with E-state index in [1.807, 2.05) is 0 Å². The Morgan fingerprint density at radius 1 is 1.05 bits per heavy atom. The lowest BCUT2D eigenvalue weighted by atomic mass is 9.74. The summed E-state index contributed by atoms with van der Waals surface area (Å²) in [4.78, 5) is 8.92. The van der Waals surface area contributed by atoms with Crippen molar-refractivity contribution in [1.82, 2.24) is 9.97 Å². The minimum absolute atomic E-state index is 0.282. The van der Waals surface area contributed by atoms with Gasteiger partial charge in [0.1, 0.15) is 12.1 Å². The summed E-state index contributed by atoms with van der Waals surface area (Å²) in [5.41, 5.74) is 8.95. The molecule has 0 saturated heterocycles. The number of aromatic nitrogens is 2. The number of fused-ring (bicyclic) bond motifs is 1. The van der Waals surface area contributed by atoms with Gasteiger partial charge in [0.15, 0.2) is 0 Å². The maximum Gasteiger partial charge on any atom is 0.132 e.